The first-order chi connectivity index (χ1) is 14.3. The van der Waals surface area contributed by atoms with Crippen LogP contribution in [0.2, 0.25) is 0 Å². The molecule has 0 heterocycles. The first kappa shape index (κ1) is 27.4. The molecule has 4 N–H and O–H groups in total. The smallest absolute Gasteiger partial charge is 0.328 e. The predicted octanol–water partition coefficient (Wildman–Crippen LogP) is 3.20. The van der Waals surface area contributed by atoms with Crippen molar-refractivity contribution in [2.24, 2.45) is 5.92 Å². The molecule has 170 valence electrons. The van der Waals surface area contributed by atoms with Crippen LogP contribution < -0.4 is 9.47 Å². The second-order valence-corrected chi connectivity index (χ2v) is 6.74. The van der Waals surface area contributed by atoms with Crippen LogP contribution in [0.25, 0.3) is 6.08 Å². The topological polar surface area (TPSA) is 134 Å². The number of aliphatic carboxylic acids is 2. The molecule has 0 aliphatic heterocycles. The number of hydrogen-bond acceptors (Lipinski definition) is 6. The van der Waals surface area contributed by atoms with E-state index in [2.05, 4.69) is 6.92 Å². The quantitative estimate of drug-likeness (QED) is 0.279. The molecule has 0 bridgehead atoms. The average molecular weight is 427 g/mol. The standard InChI is InChI=1S/C11H12O4.C11H22O4/c1-14-9-5-3-8(4-6-11(12)13)10(7-9)15-2;1-2-3-4-5-6-9(11(14)15)7-10(13)8-12/h3-7H,1-2H3,(H,12,13);9-10,12-13H,2-8H2,1H3,(H,14,15). The van der Waals surface area contributed by atoms with Crippen molar-refractivity contribution in [3.63, 3.8) is 0 Å². The summed E-state index contributed by atoms with van der Waals surface area (Å²) in [6.45, 7) is 1.74. The third kappa shape index (κ3) is 12.1. The monoisotopic (exact) mass is 426 g/mol. The molecule has 30 heavy (non-hydrogen) atoms. The number of benzene rings is 1. The van der Waals surface area contributed by atoms with Gasteiger partial charge < -0.3 is 29.9 Å². The molecule has 0 aromatic heterocycles. The van der Waals surface area contributed by atoms with Crippen molar-refractivity contribution in [3.05, 3.63) is 29.8 Å². The Balaban J connectivity index is 0.000000561. The Morgan fingerprint density at radius 1 is 1.10 bits per heavy atom. The summed E-state index contributed by atoms with van der Waals surface area (Å²) in [6, 6.07) is 5.17. The number of carbonyl (C=O) groups is 2. The van der Waals surface area contributed by atoms with E-state index in [0.29, 0.717) is 23.5 Å². The molecule has 2 unspecified atom stereocenters. The second kappa shape index (κ2) is 16.2. The highest BCUT2D eigenvalue weighted by Crippen LogP contribution is 2.25. The summed E-state index contributed by atoms with van der Waals surface area (Å²) in [5.74, 6) is -1.15. The van der Waals surface area contributed by atoms with E-state index in [-0.39, 0.29) is 13.0 Å². The van der Waals surface area contributed by atoms with E-state index in [1.807, 2.05) is 0 Å². The summed E-state index contributed by atoms with van der Waals surface area (Å²) in [5, 5.41) is 35.2. The van der Waals surface area contributed by atoms with E-state index in [1.165, 1.54) is 13.2 Å². The van der Waals surface area contributed by atoms with Crippen molar-refractivity contribution in [3.8, 4) is 11.5 Å². The van der Waals surface area contributed by atoms with Gasteiger partial charge in [-0.1, -0.05) is 32.6 Å². The summed E-state index contributed by atoms with van der Waals surface area (Å²) < 4.78 is 10.1. The fourth-order valence-corrected chi connectivity index (χ4v) is 2.68. The lowest BCUT2D eigenvalue weighted by molar-refractivity contribution is -0.143. The lowest BCUT2D eigenvalue weighted by Gasteiger charge is -2.14. The van der Waals surface area contributed by atoms with Crippen LogP contribution in [0.3, 0.4) is 0 Å². The summed E-state index contributed by atoms with van der Waals surface area (Å²) in [6.07, 6.45) is 6.52. The molecule has 0 spiro atoms. The van der Waals surface area contributed by atoms with Gasteiger partial charge in [0, 0.05) is 17.7 Å². The van der Waals surface area contributed by atoms with Gasteiger partial charge >= 0.3 is 11.9 Å². The number of rotatable bonds is 13. The minimum atomic E-state index is -0.993. The van der Waals surface area contributed by atoms with Crippen LogP contribution in [0.4, 0.5) is 0 Å². The van der Waals surface area contributed by atoms with Crippen LogP contribution in [-0.2, 0) is 9.59 Å². The van der Waals surface area contributed by atoms with Crippen molar-refractivity contribution in [1.82, 2.24) is 0 Å². The van der Waals surface area contributed by atoms with Gasteiger partial charge in [-0.25, -0.2) is 4.79 Å². The first-order valence-corrected chi connectivity index (χ1v) is 9.93. The molecule has 0 saturated heterocycles. The summed E-state index contributed by atoms with van der Waals surface area (Å²) in [4.78, 5) is 21.2. The Hall–Kier alpha value is -2.58. The number of hydrogen-bond donors (Lipinski definition) is 4. The zero-order valence-corrected chi connectivity index (χ0v) is 17.9. The minimum Gasteiger partial charge on any atom is -0.497 e. The van der Waals surface area contributed by atoms with Gasteiger partial charge in [-0.05, 0) is 31.1 Å². The molecular weight excluding hydrogens is 392 g/mol. The van der Waals surface area contributed by atoms with Gasteiger partial charge in [-0.3, -0.25) is 4.79 Å². The van der Waals surface area contributed by atoms with Gasteiger partial charge in [0.25, 0.3) is 0 Å². The maximum Gasteiger partial charge on any atom is 0.328 e. The molecule has 8 heteroatoms. The van der Waals surface area contributed by atoms with Crippen LogP contribution in [0.5, 0.6) is 11.5 Å². The van der Waals surface area contributed by atoms with E-state index in [0.717, 1.165) is 31.8 Å². The molecule has 1 aromatic rings. The number of aliphatic hydroxyl groups is 2. The van der Waals surface area contributed by atoms with Gasteiger partial charge in [0.05, 0.1) is 32.8 Å². The fourth-order valence-electron chi connectivity index (χ4n) is 2.68. The van der Waals surface area contributed by atoms with E-state index in [4.69, 9.17) is 29.9 Å². The Bertz CT molecular complexity index is 657. The van der Waals surface area contributed by atoms with Crippen LogP contribution in [0.15, 0.2) is 24.3 Å². The fraction of sp³-hybridized carbons (Fsp3) is 0.545. The summed E-state index contributed by atoms with van der Waals surface area (Å²) in [5.41, 5.74) is 0.695. The van der Waals surface area contributed by atoms with Gasteiger partial charge in [0.2, 0.25) is 0 Å². The molecule has 0 amide bonds. The summed E-state index contributed by atoms with van der Waals surface area (Å²) >= 11 is 0. The zero-order valence-electron chi connectivity index (χ0n) is 17.9. The lowest BCUT2D eigenvalue weighted by atomic mass is 9.95. The Kier molecular flexibility index (Phi) is 14.8. The second-order valence-electron chi connectivity index (χ2n) is 6.74. The average Bonchev–Trinajstić information content (AvgIpc) is 2.74. The maximum atomic E-state index is 10.8. The Labute approximate surface area is 177 Å². The number of methoxy groups -OCH3 is 2. The molecule has 0 radical (unpaired) electrons. The van der Waals surface area contributed by atoms with E-state index in [9.17, 15) is 9.59 Å². The molecule has 0 aliphatic rings. The van der Waals surface area contributed by atoms with Crippen molar-refractivity contribution >= 4 is 18.0 Å². The van der Waals surface area contributed by atoms with Crippen molar-refractivity contribution < 1.29 is 39.5 Å². The highest BCUT2D eigenvalue weighted by Gasteiger charge is 2.20. The van der Waals surface area contributed by atoms with Crippen LogP contribution in [0, 0.1) is 5.92 Å². The molecule has 8 nitrogen and oxygen atoms in total. The first-order valence-electron chi connectivity index (χ1n) is 9.93. The Morgan fingerprint density at radius 3 is 2.30 bits per heavy atom. The maximum absolute atomic E-state index is 10.8. The highest BCUT2D eigenvalue weighted by molar-refractivity contribution is 5.86. The molecule has 1 rings (SSSR count). The van der Waals surface area contributed by atoms with Gasteiger partial charge in [-0.2, -0.15) is 0 Å². The lowest BCUT2D eigenvalue weighted by Crippen LogP contribution is -2.23. The third-order valence-corrected chi connectivity index (χ3v) is 4.37. The minimum absolute atomic E-state index is 0.151. The molecule has 2 atom stereocenters. The molecule has 0 aliphatic carbocycles. The van der Waals surface area contributed by atoms with E-state index < -0.39 is 24.0 Å². The number of aliphatic hydroxyl groups excluding tert-OH is 2. The highest BCUT2D eigenvalue weighted by atomic mass is 16.5. The van der Waals surface area contributed by atoms with Crippen LogP contribution >= 0.6 is 0 Å². The normalized spacial score (nSPS) is 12.6. The summed E-state index contributed by atoms with van der Waals surface area (Å²) in [7, 11) is 3.08. The van der Waals surface area contributed by atoms with Crippen LogP contribution in [-0.4, -0.2) is 59.3 Å². The van der Waals surface area contributed by atoms with Crippen LogP contribution in [0.1, 0.15) is 51.0 Å². The number of carboxylic acids is 2. The molecular formula is C22H34O8. The number of unbranched alkanes of at least 4 members (excludes halogenated alkanes) is 3. The van der Waals surface area contributed by atoms with Gasteiger partial charge in [0.15, 0.2) is 0 Å². The van der Waals surface area contributed by atoms with Crippen molar-refractivity contribution in [2.45, 2.75) is 51.6 Å². The predicted molar refractivity (Wildman–Crippen MR) is 114 cm³/mol. The van der Waals surface area contributed by atoms with Crippen molar-refractivity contribution in [2.75, 3.05) is 20.8 Å². The van der Waals surface area contributed by atoms with E-state index in [1.54, 1.807) is 25.3 Å². The third-order valence-electron chi connectivity index (χ3n) is 4.37. The van der Waals surface area contributed by atoms with Crippen molar-refractivity contribution in [1.29, 1.82) is 0 Å². The van der Waals surface area contributed by atoms with Gasteiger partial charge in [-0.15, -0.1) is 0 Å². The van der Waals surface area contributed by atoms with Gasteiger partial charge in [0.1, 0.15) is 11.5 Å². The molecule has 0 fully saturated rings. The number of ether oxygens (including phenoxy) is 2. The largest absolute Gasteiger partial charge is 0.497 e. The zero-order chi connectivity index (χ0) is 22.9. The Morgan fingerprint density at radius 2 is 1.80 bits per heavy atom. The molecule has 0 saturated carbocycles. The number of carboxylic acid groups (broad SMARTS) is 2. The molecule has 1 aromatic carbocycles. The van der Waals surface area contributed by atoms with E-state index >= 15 is 0 Å². The SMILES string of the molecule is CCCCCCC(CC(O)CO)C(=O)O.COc1ccc(C=CC(=O)O)c(OC)c1.